The van der Waals surface area contributed by atoms with Gasteiger partial charge >= 0.3 is 5.97 Å². The number of ether oxygens (including phenoxy) is 1. The first-order chi connectivity index (χ1) is 13.9. The van der Waals surface area contributed by atoms with E-state index in [9.17, 15) is 14.0 Å². The third-order valence-corrected chi connectivity index (χ3v) is 5.07. The minimum Gasteiger partial charge on any atom is -0.465 e. The molecule has 0 radical (unpaired) electrons. The molecule has 4 aromatic rings. The molecule has 0 unspecified atom stereocenters. The highest BCUT2D eigenvalue weighted by Gasteiger charge is 2.30. The minimum absolute atomic E-state index is 0.156. The monoisotopic (exact) mass is 393 g/mol. The van der Waals surface area contributed by atoms with Gasteiger partial charge < -0.3 is 14.2 Å². The molecule has 148 valence electrons. The molecule has 0 aliphatic heterocycles. The molecule has 6 nitrogen and oxygen atoms in total. The molecule has 0 N–H and O–H groups in total. The minimum atomic E-state index is -0.624. The molecule has 2 aromatic heterocycles. The van der Waals surface area contributed by atoms with Gasteiger partial charge in [-0.25, -0.2) is 9.18 Å². The first kappa shape index (κ1) is 18.7. The van der Waals surface area contributed by atoms with Crippen molar-refractivity contribution in [1.29, 1.82) is 0 Å². The van der Waals surface area contributed by atoms with Crippen LogP contribution in [0.5, 0.6) is 0 Å². The molecule has 4 rings (SSSR count). The van der Waals surface area contributed by atoms with Gasteiger partial charge in [0.05, 0.1) is 23.5 Å². The number of pyridine rings is 1. The van der Waals surface area contributed by atoms with E-state index in [1.54, 1.807) is 32.1 Å². The second-order valence-electron chi connectivity index (χ2n) is 7.00. The van der Waals surface area contributed by atoms with E-state index in [1.165, 1.54) is 23.8 Å². The van der Waals surface area contributed by atoms with Crippen molar-refractivity contribution in [1.82, 2.24) is 9.13 Å². The van der Waals surface area contributed by atoms with Crippen LogP contribution in [0.3, 0.4) is 0 Å². The molecule has 2 aromatic carbocycles. The lowest BCUT2D eigenvalue weighted by Crippen LogP contribution is -2.20. The number of fused-ring (bicyclic) bond motifs is 3. The van der Waals surface area contributed by atoms with Gasteiger partial charge in [0.2, 0.25) is 0 Å². The Hall–Kier alpha value is -3.61. The summed E-state index contributed by atoms with van der Waals surface area (Å²) in [6.45, 7) is 0. The van der Waals surface area contributed by atoms with Gasteiger partial charge in [-0.15, -0.1) is 0 Å². The number of carbonyl (C=O) groups is 1. The number of anilines is 1. The molecule has 0 spiro atoms. The van der Waals surface area contributed by atoms with Crippen LogP contribution >= 0.6 is 0 Å². The van der Waals surface area contributed by atoms with Crippen molar-refractivity contribution < 1.29 is 13.9 Å². The third kappa shape index (κ3) is 2.69. The summed E-state index contributed by atoms with van der Waals surface area (Å²) in [4.78, 5) is 27.9. The number of aryl methyl sites for hydroxylation is 1. The molecule has 0 aliphatic carbocycles. The Balaban J connectivity index is 2.39. The van der Waals surface area contributed by atoms with E-state index in [1.807, 2.05) is 34.9 Å². The molecule has 0 atom stereocenters. The van der Waals surface area contributed by atoms with Gasteiger partial charge in [-0.2, -0.15) is 0 Å². The number of para-hydroxylation sites is 1. The van der Waals surface area contributed by atoms with Gasteiger partial charge in [0.15, 0.2) is 0 Å². The van der Waals surface area contributed by atoms with Gasteiger partial charge in [-0.3, -0.25) is 9.36 Å². The van der Waals surface area contributed by atoms with E-state index in [-0.39, 0.29) is 16.5 Å². The summed E-state index contributed by atoms with van der Waals surface area (Å²) >= 11 is 0. The Morgan fingerprint density at radius 2 is 1.79 bits per heavy atom. The van der Waals surface area contributed by atoms with Gasteiger partial charge in [0, 0.05) is 32.2 Å². The predicted molar refractivity (Wildman–Crippen MR) is 112 cm³/mol. The molecule has 0 saturated carbocycles. The Kier molecular flexibility index (Phi) is 4.38. The van der Waals surface area contributed by atoms with E-state index in [0.717, 1.165) is 5.69 Å². The fraction of sp³-hybridized carbons (Fsp3) is 0.182. The molecule has 0 saturated heterocycles. The lowest BCUT2D eigenvalue weighted by atomic mass is 10.1. The van der Waals surface area contributed by atoms with E-state index >= 15 is 0 Å². The molecule has 2 heterocycles. The summed E-state index contributed by atoms with van der Waals surface area (Å²) in [6.07, 6.45) is 0. The number of esters is 1. The maximum absolute atomic E-state index is 14.2. The zero-order valence-electron chi connectivity index (χ0n) is 16.6. The van der Waals surface area contributed by atoms with Gasteiger partial charge in [0.1, 0.15) is 17.2 Å². The molecular formula is C22H20FN3O3. The van der Waals surface area contributed by atoms with Gasteiger partial charge in [-0.1, -0.05) is 18.2 Å². The normalized spacial score (nSPS) is 11.2. The number of rotatable bonds is 3. The maximum atomic E-state index is 14.2. The SMILES string of the molecule is COC(=O)c1c(N(C)C)n(-c2ccccc2)c2c1c(=O)n(C)c1ccc(F)cc21. The average Bonchev–Trinajstić information content (AvgIpc) is 3.08. The highest BCUT2D eigenvalue weighted by molar-refractivity contribution is 6.17. The molecule has 0 bridgehead atoms. The highest BCUT2D eigenvalue weighted by Crippen LogP contribution is 2.37. The van der Waals surface area contributed by atoms with Crippen LogP contribution in [0.1, 0.15) is 10.4 Å². The average molecular weight is 393 g/mol. The second-order valence-corrected chi connectivity index (χ2v) is 7.00. The fourth-order valence-corrected chi connectivity index (χ4v) is 3.84. The molecular weight excluding hydrogens is 373 g/mol. The Morgan fingerprint density at radius 1 is 1.10 bits per heavy atom. The summed E-state index contributed by atoms with van der Waals surface area (Å²) in [5, 5.41) is 0.731. The van der Waals surface area contributed by atoms with E-state index in [4.69, 9.17) is 4.74 Å². The Bertz CT molecular complexity index is 1320. The van der Waals surface area contributed by atoms with E-state index in [2.05, 4.69) is 0 Å². The zero-order valence-corrected chi connectivity index (χ0v) is 16.6. The fourth-order valence-electron chi connectivity index (χ4n) is 3.84. The largest absolute Gasteiger partial charge is 0.465 e. The Morgan fingerprint density at radius 3 is 2.41 bits per heavy atom. The summed E-state index contributed by atoms with van der Waals surface area (Å²) in [5.41, 5.74) is 1.59. The van der Waals surface area contributed by atoms with Crippen molar-refractivity contribution in [3.63, 3.8) is 0 Å². The van der Waals surface area contributed by atoms with Crippen LogP contribution in [-0.2, 0) is 11.8 Å². The van der Waals surface area contributed by atoms with Crippen LogP contribution in [0.15, 0.2) is 53.3 Å². The quantitative estimate of drug-likeness (QED) is 0.500. The van der Waals surface area contributed by atoms with Crippen molar-refractivity contribution >= 4 is 33.6 Å². The standard InChI is InChI=1S/C22H20FN3O3/c1-24(2)20-18(22(28)29-4)17-19(26(20)14-8-6-5-7-9-14)15-12-13(23)10-11-16(15)25(3)21(17)27/h5-12H,1-4H3. The summed E-state index contributed by atoms with van der Waals surface area (Å²) in [7, 11) is 6.46. The summed E-state index contributed by atoms with van der Waals surface area (Å²) < 4.78 is 22.5. The van der Waals surface area contributed by atoms with Crippen molar-refractivity contribution in [2.45, 2.75) is 0 Å². The van der Waals surface area contributed by atoms with Crippen LogP contribution in [0.4, 0.5) is 10.2 Å². The van der Waals surface area contributed by atoms with Crippen LogP contribution < -0.4 is 10.5 Å². The van der Waals surface area contributed by atoms with Crippen molar-refractivity contribution in [2.75, 3.05) is 26.1 Å². The number of halogens is 1. The second kappa shape index (κ2) is 6.77. The predicted octanol–water partition coefficient (Wildman–Crippen LogP) is 3.47. The number of benzene rings is 2. The number of nitrogens with zero attached hydrogens (tertiary/aromatic N) is 3. The topological polar surface area (TPSA) is 56.5 Å². The zero-order chi connectivity index (χ0) is 20.9. The molecule has 0 aliphatic rings. The first-order valence-corrected chi connectivity index (χ1v) is 9.04. The number of aromatic nitrogens is 2. The van der Waals surface area contributed by atoms with Crippen molar-refractivity contribution in [3.05, 3.63) is 70.3 Å². The number of hydrogen-bond acceptors (Lipinski definition) is 4. The lowest BCUT2D eigenvalue weighted by molar-refractivity contribution is 0.0603. The highest BCUT2D eigenvalue weighted by atomic mass is 19.1. The smallest absolute Gasteiger partial charge is 0.342 e. The molecule has 0 amide bonds. The summed E-state index contributed by atoms with van der Waals surface area (Å²) in [5.74, 6) is -0.558. The Labute approximate surface area is 166 Å². The number of hydrogen-bond donors (Lipinski definition) is 0. The van der Waals surface area contributed by atoms with E-state index in [0.29, 0.717) is 22.2 Å². The van der Waals surface area contributed by atoms with Crippen molar-refractivity contribution in [3.8, 4) is 5.69 Å². The summed E-state index contributed by atoms with van der Waals surface area (Å²) in [6, 6.07) is 13.6. The van der Waals surface area contributed by atoms with Crippen molar-refractivity contribution in [2.24, 2.45) is 7.05 Å². The van der Waals surface area contributed by atoms with Crippen LogP contribution in [0.2, 0.25) is 0 Å². The lowest BCUT2D eigenvalue weighted by Gasteiger charge is -2.19. The number of methoxy groups -OCH3 is 1. The first-order valence-electron chi connectivity index (χ1n) is 9.04. The van der Waals surface area contributed by atoms with E-state index < -0.39 is 11.8 Å². The van der Waals surface area contributed by atoms with Crippen LogP contribution in [0, 0.1) is 5.82 Å². The molecule has 7 heteroatoms. The van der Waals surface area contributed by atoms with Crippen LogP contribution in [-0.4, -0.2) is 36.3 Å². The number of carbonyl (C=O) groups excluding carboxylic acids is 1. The maximum Gasteiger partial charge on any atom is 0.342 e. The molecule has 0 fully saturated rings. The van der Waals surface area contributed by atoms with Gasteiger partial charge in [-0.05, 0) is 30.3 Å². The third-order valence-electron chi connectivity index (χ3n) is 5.07. The molecule has 29 heavy (non-hydrogen) atoms. The van der Waals surface area contributed by atoms with Gasteiger partial charge in [0.25, 0.3) is 5.56 Å². The van der Waals surface area contributed by atoms with Crippen LogP contribution in [0.25, 0.3) is 27.5 Å².